The molecule has 208 valence electrons. The number of benzene rings is 2. The van der Waals surface area contributed by atoms with E-state index in [0.717, 1.165) is 11.1 Å². The molecular formula is C30H43N3O5. The topological polar surface area (TPSA) is 108 Å². The highest BCUT2D eigenvalue weighted by atomic mass is 16.6. The summed E-state index contributed by atoms with van der Waals surface area (Å²) in [5.74, 6) is -0.591. The number of hydrogen-bond donors (Lipinski definition) is 3. The summed E-state index contributed by atoms with van der Waals surface area (Å²) in [5.41, 5.74) is 1.64. The van der Waals surface area contributed by atoms with Gasteiger partial charge in [-0.05, 0) is 78.1 Å². The van der Waals surface area contributed by atoms with E-state index >= 15 is 0 Å². The summed E-state index contributed by atoms with van der Waals surface area (Å²) in [6.07, 6.45) is 0.0244. The van der Waals surface area contributed by atoms with Gasteiger partial charge in [0.2, 0.25) is 11.8 Å². The van der Waals surface area contributed by atoms with Crippen LogP contribution >= 0.6 is 0 Å². The first-order valence-electron chi connectivity index (χ1n) is 13.2. The lowest BCUT2D eigenvalue weighted by Gasteiger charge is -2.38. The van der Waals surface area contributed by atoms with E-state index < -0.39 is 29.7 Å². The SMILES string of the molecule is CCC(C)N(C(=O)C(Cc1ccc(O)cc1)NC(=O)OC(C)(C)C)C(C(=O)NC(C)C)c1cccc(C)c1. The van der Waals surface area contributed by atoms with Gasteiger partial charge in [0.05, 0.1) is 0 Å². The Morgan fingerprint density at radius 1 is 1.00 bits per heavy atom. The van der Waals surface area contributed by atoms with E-state index in [2.05, 4.69) is 10.6 Å². The van der Waals surface area contributed by atoms with Gasteiger partial charge in [-0.2, -0.15) is 0 Å². The molecule has 0 saturated carbocycles. The van der Waals surface area contributed by atoms with E-state index in [4.69, 9.17) is 4.74 Å². The first-order chi connectivity index (χ1) is 17.7. The van der Waals surface area contributed by atoms with Crippen molar-refractivity contribution < 1.29 is 24.2 Å². The lowest BCUT2D eigenvalue weighted by atomic mass is 9.97. The Balaban J connectivity index is 2.58. The Morgan fingerprint density at radius 3 is 2.16 bits per heavy atom. The third-order valence-electron chi connectivity index (χ3n) is 6.00. The molecule has 0 spiro atoms. The number of ether oxygens (including phenoxy) is 1. The molecule has 3 unspecified atom stereocenters. The van der Waals surface area contributed by atoms with Crippen LogP contribution in [0, 0.1) is 6.92 Å². The van der Waals surface area contributed by atoms with E-state index in [0.29, 0.717) is 12.0 Å². The molecule has 0 aliphatic rings. The van der Waals surface area contributed by atoms with Gasteiger partial charge in [0, 0.05) is 18.5 Å². The number of alkyl carbamates (subject to hydrolysis) is 1. The van der Waals surface area contributed by atoms with Crippen molar-refractivity contribution in [3.05, 3.63) is 65.2 Å². The van der Waals surface area contributed by atoms with Crippen molar-refractivity contribution in [2.75, 3.05) is 0 Å². The van der Waals surface area contributed by atoms with Gasteiger partial charge < -0.3 is 25.4 Å². The third-order valence-corrected chi connectivity index (χ3v) is 6.00. The summed E-state index contributed by atoms with van der Waals surface area (Å²) in [6, 6.07) is 11.7. The van der Waals surface area contributed by atoms with Crippen molar-refractivity contribution in [1.82, 2.24) is 15.5 Å². The monoisotopic (exact) mass is 525 g/mol. The van der Waals surface area contributed by atoms with E-state index in [1.807, 2.05) is 58.9 Å². The second kappa shape index (κ2) is 13.3. The summed E-state index contributed by atoms with van der Waals surface area (Å²) in [5, 5.41) is 15.4. The smallest absolute Gasteiger partial charge is 0.408 e. The lowest BCUT2D eigenvalue weighted by molar-refractivity contribution is -0.145. The quantitative estimate of drug-likeness (QED) is 0.403. The lowest BCUT2D eigenvalue weighted by Crippen LogP contribution is -2.56. The van der Waals surface area contributed by atoms with Crippen LogP contribution in [0.25, 0.3) is 0 Å². The van der Waals surface area contributed by atoms with Crippen LogP contribution in [0.4, 0.5) is 4.79 Å². The number of nitrogens with zero attached hydrogens (tertiary/aromatic N) is 1. The van der Waals surface area contributed by atoms with Crippen molar-refractivity contribution in [2.45, 2.75) is 98.0 Å². The fourth-order valence-corrected chi connectivity index (χ4v) is 4.14. The first kappa shape index (κ1) is 30.7. The maximum absolute atomic E-state index is 14.3. The van der Waals surface area contributed by atoms with Crippen molar-refractivity contribution >= 4 is 17.9 Å². The van der Waals surface area contributed by atoms with Gasteiger partial charge in [-0.25, -0.2) is 4.79 Å². The summed E-state index contributed by atoms with van der Waals surface area (Å²) in [7, 11) is 0. The number of nitrogens with one attached hydrogen (secondary N) is 2. The predicted molar refractivity (Wildman–Crippen MR) is 149 cm³/mol. The van der Waals surface area contributed by atoms with Gasteiger partial charge in [-0.15, -0.1) is 0 Å². The minimum atomic E-state index is -1.01. The van der Waals surface area contributed by atoms with Crippen molar-refractivity contribution in [1.29, 1.82) is 0 Å². The Kier molecular flexibility index (Phi) is 10.7. The number of aromatic hydroxyl groups is 1. The molecule has 38 heavy (non-hydrogen) atoms. The Morgan fingerprint density at radius 2 is 1.63 bits per heavy atom. The number of amides is 3. The number of carbonyl (C=O) groups excluding carboxylic acids is 3. The number of rotatable bonds is 10. The van der Waals surface area contributed by atoms with Crippen LogP contribution in [0.15, 0.2) is 48.5 Å². The van der Waals surface area contributed by atoms with Crippen molar-refractivity contribution in [2.24, 2.45) is 0 Å². The molecule has 0 heterocycles. The Bertz CT molecular complexity index is 1090. The van der Waals surface area contributed by atoms with Gasteiger partial charge in [0.15, 0.2) is 0 Å². The highest BCUT2D eigenvalue weighted by molar-refractivity contribution is 5.92. The number of phenols is 1. The molecule has 3 atom stereocenters. The van der Waals surface area contributed by atoms with Gasteiger partial charge in [0.25, 0.3) is 0 Å². The van der Waals surface area contributed by atoms with Crippen molar-refractivity contribution in [3.8, 4) is 5.75 Å². The number of carbonyl (C=O) groups is 3. The molecule has 8 nitrogen and oxygen atoms in total. The molecule has 0 fully saturated rings. The third kappa shape index (κ3) is 9.08. The molecule has 8 heteroatoms. The molecule has 0 aliphatic carbocycles. The first-order valence-corrected chi connectivity index (χ1v) is 13.2. The zero-order valence-corrected chi connectivity index (χ0v) is 23.9. The molecule has 2 rings (SSSR count). The number of aryl methyl sites for hydroxylation is 1. The molecule has 0 saturated heterocycles. The van der Waals surface area contributed by atoms with E-state index in [-0.39, 0.29) is 30.2 Å². The maximum Gasteiger partial charge on any atom is 0.408 e. The van der Waals surface area contributed by atoms with Crippen LogP contribution in [0.3, 0.4) is 0 Å². The molecule has 0 radical (unpaired) electrons. The van der Waals surface area contributed by atoms with Gasteiger partial charge in [0.1, 0.15) is 23.4 Å². The second-order valence-electron chi connectivity index (χ2n) is 11.1. The molecule has 2 aromatic carbocycles. The summed E-state index contributed by atoms with van der Waals surface area (Å²) < 4.78 is 5.46. The predicted octanol–water partition coefficient (Wildman–Crippen LogP) is 5.03. The average molecular weight is 526 g/mol. The zero-order chi connectivity index (χ0) is 28.6. The molecule has 0 bridgehead atoms. The van der Waals surface area contributed by atoms with Gasteiger partial charge in [-0.1, -0.05) is 48.9 Å². The highest BCUT2D eigenvalue weighted by Crippen LogP contribution is 2.28. The normalized spacial score (nSPS) is 13.8. The van der Waals surface area contributed by atoms with E-state index in [1.54, 1.807) is 37.8 Å². The standard InChI is InChI=1S/C30H43N3O5/c1-9-21(5)33(26(27(35)31-19(2)3)23-12-10-11-20(4)17-23)28(36)25(32-29(37)38-30(6,7)8)18-22-13-15-24(34)16-14-22/h10-17,19,21,25-26,34H,9,18H2,1-8H3,(H,31,35)(H,32,37). The van der Waals surface area contributed by atoms with Crippen LogP contribution in [-0.4, -0.2) is 51.6 Å². The van der Waals surface area contributed by atoms with Crippen LogP contribution in [0.1, 0.15) is 77.6 Å². The molecular weight excluding hydrogens is 482 g/mol. The van der Waals surface area contributed by atoms with Crippen LogP contribution in [0.5, 0.6) is 5.75 Å². The van der Waals surface area contributed by atoms with Crippen LogP contribution < -0.4 is 10.6 Å². The van der Waals surface area contributed by atoms with Crippen LogP contribution in [0.2, 0.25) is 0 Å². The molecule has 3 N–H and O–H groups in total. The maximum atomic E-state index is 14.3. The Hall–Kier alpha value is -3.55. The minimum absolute atomic E-state index is 0.0998. The average Bonchev–Trinajstić information content (AvgIpc) is 2.80. The Labute approximate surface area is 226 Å². The zero-order valence-electron chi connectivity index (χ0n) is 23.9. The summed E-state index contributed by atoms with van der Waals surface area (Å²) in [4.78, 5) is 42.3. The largest absolute Gasteiger partial charge is 0.508 e. The summed E-state index contributed by atoms with van der Waals surface area (Å²) in [6.45, 7) is 14.8. The van der Waals surface area contributed by atoms with Crippen molar-refractivity contribution in [3.63, 3.8) is 0 Å². The molecule has 0 aromatic heterocycles. The number of phenolic OH excluding ortho intramolecular Hbond substituents is 1. The fraction of sp³-hybridized carbons (Fsp3) is 0.500. The molecule has 2 aromatic rings. The number of hydrogen-bond acceptors (Lipinski definition) is 5. The van der Waals surface area contributed by atoms with Gasteiger partial charge >= 0.3 is 6.09 Å². The highest BCUT2D eigenvalue weighted by Gasteiger charge is 2.38. The van der Waals surface area contributed by atoms with E-state index in [1.165, 1.54) is 12.1 Å². The van der Waals surface area contributed by atoms with Gasteiger partial charge in [-0.3, -0.25) is 9.59 Å². The molecule has 0 aliphatic heterocycles. The minimum Gasteiger partial charge on any atom is -0.508 e. The second-order valence-corrected chi connectivity index (χ2v) is 11.1. The van der Waals surface area contributed by atoms with E-state index in [9.17, 15) is 19.5 Å². The van der Waals surface area contributed by atoms with Crippen LogP contribution in [-0.2, 0) is 20.7 Å². The fourth-order valence-electron chi connectivity index (χ4n) is 4.14. The summed E-state index contributed by atoms with van der Waals surface area (Å²) >= 11 is 0. The molecule has 3 amide bonds.